The van der Waals surface area contributed by atoms with Crippen LogP contribution in [0, 0.1) is 0 Å². The predicted molar refractivity (Wildman–Crippen MR) is 115 cm³/mol. The highest BCUT2D eigenvalue weighted by Gasteiger charge is 2.15. The maximum Gasteiger partial charge on any atom is 0.338 e. The van der Waals surface area contributed by atoms with Crippen molar-refractivity contribution in [1.29, 1.82) is 0 Å². The molecular formula is C23H20N4O5. The van der Waals surface area contributed by atoms with Crippen molar-refractivity contribution in [3.63, 3.8) is 0 Å². The lowest BCUT2D eigenvalue weighted by molar-refractivity contribution is -0.115. The first-order valence-corrected chi connectivity index (χ1v) is 9.77. The molecule has 1 N–H and O–H groups in total. The van der Waals surface area contributed by atoms with E-state index in [0.717, 1.165) is 5.69 Å². The van der Waals surface area contributed by atoms with Crippen LogP contribution in [0.4, 0.5) is 5.69 Å². The van der Waals surface area contributed by atoms with Gasteiger partial charge in [-0.1, -0.05) is 17.3 Å². The molecule has 4 aromatic rings. The molecular weight excluding hydrogens is 412 g/mol. The molecule has 2 aromatic heterocycles. The molecule has 1 amide bonds. The number of benzene rings is 2. The van der Waals surface area contributed by atoms with Crippen LogP contribution in [-0.2, 0) is 22.6 Å². The van der Waals surface area contributed by atoms with E-state index in [0.29, 0.717) is 17.0 Å². The van der Waals surface area contributed by atoms with Gasteiger partial charge in [0.25, 0.3) is 5.89 Å². The molecule has 0 aliphatic carbocycles. The van der Waals surface area contributed by atoms with Gasteiger partial charge in [-0.3, -0.25) is 4.79 Å². The summed E-state index contributed by atoms with van der Waals surface area (Å²) in [5, 5.41) is 6.49. The smallest absolute Gasteiger partial charge is 0.338 e. The van der Waals surface area contributed by atoms with Gasteiger partial charge in [-0.15, -0.1) is 0 Å². The molecule has 0 saturated heterocycles. The Labute approximate surface area is 183 Å². The molecule has 2 heterocycles. The Balaban J connectivity index is 1.29. The van der Waals surface area contributed by atoms with Gasteiger partial charge in [-0.2, -0.15) is 4.98 Å². The number of rotatable bonds is 8. The minimum absolute atomic E-state index is 0.0994. The number of ether oxygens (including phenoxy) is 2. The number of aromatic nitrogens is 3. The van der Waals surface area contributed by atoms with Crippen molar-refractivity contribution >= 4 is 17.6 Å². The first-order valence-electron chi connectivity index (χ1n) is 9.77. The van der Waals surface area contributed by atoms with Crippen LogP contribution >= 0.6 is 0 Å². The fourth-order valence-corrected chi connectivity index (χ4v) is 2.99. The van der Waals surface area contributed by atoms with Gasteiger partial charge < -0.3 is 23.9 Å². The highest BCUT2D eigenvalue weighted by Crippen LogP contribution is 2.23. The lowest BCUT2D eigenvalue weighted by atomic mass is 10.2. The van der Waals surface area contributed by atoms with Gasteiger partial charge in [-0.05, 0) is 48.5 Å². The summed E-state index contributed by atoms with van der Waals surface area (Å²) in [6.07, 6.45) is 3.73. The summed E-state index contributed by atoms with van der Waals surface area (Å²) in [5.41, 5.74) is 1.87. The number of hydrogen-bond donors (Lipinski definition) is 1. The van der Waals surface area contributed by atoms with Crippen LogP contribution in [0.2, 0.25) is 0 Å². The lowest BCUT2D eigenvalue weighted by Crippen LogP contribution is -2.15. The summed E-state index contributed by atoms with van der Waals surface area (Å²) in [6, 6.07) is 17.9. The number of carbonyl (C=O) groups excluding carboxylic acids is 2. The maximum atomic E-state index is 12.3. The normalized spacial score (nSPS) is 10.5. The fraction of sp³-hybridized carbons (Fsp3) is 0.130. The second kappa shape index (κ2) is 9.61. The summed E-state index contributed by atoms with van der Waals surface area (Å²) >= 11 is 0. The summed E-state index contributed by atoms with van der Waals surface area (Å²) in [4.78, 5) is 28.6. The number of nitrogens with one attached hydrogen (secondary N) is 1. The first-order chi connectivity index (χ1) is 15.6. The largest absolute Gasteiger partial charge is 0.495 e. The van der Waals surface area contributed by atoms with Gasteiger partial charge >= 0.3 is 5.97 Å². The third-order valence-electron chi connectivity index (χ3n) is 4.54. The van der Waals surface area contributed by atoms with Crippen LogP contribution in [-0.4, -0.2) is 33.7 Å². The molecule has 0 spiro atoms. The number of carbonyl (C=O) groups is 2. The van der Waals surface area contributed by atoms with E-state index in [1.54, 1.807) is 36.4 Å². The van der Waals surface area contributed by atoms with Crippen molar-refractivity contribution in [2.75, 3.05) is 12.4 Å². The van der Waals surface area contributed by atoms with Gasteiger partial charge in [-0.25, -0.2) is 4.79 Å². The van der Waals surface area contributed by atoms with Crippen LogP contribution in [0.1, 0.15) is 22.1 Å². The summed E-state index contributed by atoms with van der Waals surface area (Å²) in [5.74, 6) is -0.0239. The highest BCUT2D eigenvalue weighted by molar-refractivity contribution is 5.93. The van der Waals surface area contributed by atoms with E-state index >= 15 is 0 Å². The Morgan fingerprint density at radius 3 is 2.53 bits per heavy atom. The Hall–Kier alpha value is -4.40. The van der Waals surface area contributed by atoms with Gasteiger partial charge in [0.15, 0.2) is 12.4 Å². The average molecular weight is 432 g/mol. The zero-order chi connectivity index (χ0) is 22.3. The molecule has 32 heavy (non-hydrogen) atoms. The zero-order valence-electron chi connectivity index (χ0n) is 17.2. The SMILES string of the molecule is COc1ccccc1NC(=O)Cc1noc(COC(=O)c2ccc(-n3cccc3)cc2)n1. The molecule has 2 aromatic carbocycles. The maximum absolute atomic E-state index is 12.3. The number of esters is 1. The minimum atomic E-state index is -0.516. The fourth-order valence-electron chi connectivity index (χ4n) is 2.99. The van der Waals surface area contributed by atoms with Crippen molar-refractivity contribution in [3.05, 3.63) is 90.3 Å². The number of para-hydroxylation sites is 2. The number of anilines is 1. The molecule has 0 bridgehead atoms. The van der Waals surface area contributed by atoms with E-state index in [9.17, 15) is 9.59 Å². The first kappa shape index (κ1) is 20.9. The summed E-state index contributed by atoms with van der Waals surface area (Å²) in [6.45, 7) is -0.195. The highest BCUT2D eigenvalue weighted by atomic mass is 16.6. The van der Waals surface area contributed by atoms with Crippen LogP contribution in [0.5, 0.6) is 5.75 Å². The molecule has 0 fully saturated rings. The number of nitrogens with zero attached hydrogens (tertiary/aromatic N) is 3. The van der Waals surface area contributed by atoms with Crippen LogP contribution < -0.4 is 10.1 Å². The molecule has 9 heteroatoms. The minimum Gasteiger partial charge on any atom is -0.495 e. The Morgan fingerprint density at radius 1 is 1.03 bits per heavy atom. The van der Waals surface area contributed by atoms with Crippen molar-refractivity contribution < 1.29 is 23.6 Å². The van der Waals surface area contributed by atoms with E-state index in [1.165, 1.54) is 7.11 Å². The predicted octanol–water partition coefficient (Wildman–Crippen LogP) is 3.41. The van der Waals surface area contributed by atoms with Gasteiger partial charge in [0.2, 0.25) is 5.91 Å². The van der Waals surface area contributed by atoms with E-state index in [2.05, 4.69) is 15.5 Å². The van der Waals surface area contributed by atoms with E-state index in [-0.39, 0.29) is 30.7 Å². The summed E-state index contributed by atoms with van der Waals surface area (Å²) < 4.78 is 17.4. The van der Waals surface area contributed by atoms with Crippen LogP contribution in [0.25, 0.3) is 5.69 Å². The van der Waals surface area contributed by atoms with E-state index in [4.69, 9.17) is 14.0 Å². The van der Waals surface area contributed by atoms with Gasteiger partial charge in [0.1, 0.15) is 5.75 Å². The van der Waals surface area contributed by atoms with E-state index in [1.807, 2.05) is 41.2 Å². The quantitative estimate of drug-likeness (QED) is 0.425. The molecule has 0 aliphatic heterocycles. The molecule has 9 nitrogen and oxygen atoms in total. The molecule has 0 radical (unpaired) electrons. The Bertz CT molecular complexity index is 1200. The van der Waals surface area contributed by atoms with Crippen molar-refractivity contribution in [2.45, 2.75) is 13.0 Å². The summed E-state index contributed by atoms with van der Waals surface area (Å²) in [7, 11) is 1.52. The number of hydrogen-bond acceptors (Lipinski definition) is 7. The molecule has 0 atom stereocenters. The van der Waals surface area contributed by atoms with Crippen molar-refractivity contribution in [1.82, 2.24) is 14.7 Å². The molecule has 162 valence electrons. The Morgan fingerprint density at radius 2 is 1.78 bits per heavy atom. The van der Waals surface area contributed by atoms with Gasteiger partial charge in [0.05, 0.1) is 24.8 Å². The van der Waals surface area contributed by atoms with Crippen molar-refractivity contribution in [3.8, 4) is 11.4 Å². The molecule has 4 rings (SSSR count). The van der Waals surface area contributed by atoms with E-state index < -0.39 is 5.97 Å². The lowest BCUT2D eigenvalue weighted by Gasteiger charge is -2.08. The van der Waals surface area contributed by atoms with Crippen LogP contribution in [0.15, 0.2) is 77.6 Å². The third kappa shape index (κ3) is 5.01. The third-order valence-corrected chi connectivity index (χ3v) is 4.54. The van der Waals surface area contributed by atoms with Gasteiger partial charge in [0, 0.05) is 18.1 Å². The monoisotopic (exact) mass is 432 g/mol. The second-order valence-corrected chi connectivity index (χ2v) is 6.74. The molecule has 0 unspecified atom stereocenters. The Kier molecular flexibility index (Phi) is 6.26. The molecule has 0 aliphatic rings. The zero-order valence-corrected chi connectivity index (χ0v) is 17.2. The van der Waals surface area contributed by atoms with Crippen molar-refractivity contribution in [2.24, 2.45) is 0 Å². The number of amides is 1. The second-order valence-electron chi connectivity index (χ2n) is 6.74. The average Bonchev–Trinajstić information content (AvgIpc) is 3.50. The van der Waals surface area contributed by atoms with Crippen LogP contribution in [0.3, 0.4) is 0 Å². The standard InChI is InChI=1S/C23H20N4O5/c1-30-19-7-3-2-6-18(19)24-21(28)14-20-25-22(32-26-20)15-31-23(29)16-8-10-17(11-9-16)27-12-4-5-13-27/h2-13H,14-15H2,1H3,(H,24,28). The topological polar surface area (TPSA) is 108 Å². The number of methoxy groups -OCH3 is 1. The molecule has 0 saturated carbocycles.